The Kier molecular flexibility index (Phi) is 6.71. The highest BCUT2D eigenvalue weighted by molar-refractivity contribution is 6.39. The van der Waals surface area contributed by atoms with Crippen molar-refractivity contribution in [3.8, 4) is 17.1 Å². The topological polar surface area (TPSA) is 97.6 Å². The molecule has 0 fully saturated rings. The Morgan fingerprint density at radius 1 is 1.16 bits per heavy atom. The third-order valence-corrected chi connectivity index (χ3v) is 4.10. The molecule has 2 aromatic carbocycles. The zero-order valence-corrected chi connectivity index (χ0v) is 16.5. The fourth-order valence-electron chi connectivity index (χ4n) is 2.48. The Hall–Kier alpha value is -3.96. The number of carbonyl (C=O) groups is 2. The van der Waals surface area contributed by atoms with E-state index in [2.05, 4.69) is 20.0 Å². The van der Waals surface area contributed by atoms with Crippen molar-refractivity contribution in [1.29, 1.82) is 0 Å². The highest BCUT2D eigenvalue weighted by Gasteiger charge is 2.38. The Balaban J connectivity index is 1.52. The SMILES string of the molecule is CN(CCOc1cccc(F)c1)C(=O)C(=O)Nc1ccc(-c2noc(C(F)(F)F)n2)cc1. The first-order valence-electron chi connectivity index (χ1n) is 9.09. The van der Waals surface area contributed by atoms with Gasteiger partial charge in [0.2, 0.25) is 5.82 Å². The summed E-state index contributed by atoms with van der Waals surface area (Å²) >= 11 is 0. The van der Waals surface area contributed by atoms with Crippen molar-refractivity contribution in [3.05, 3.63) is 60.2 Å². The summed E-state index contributed by atoms with van der Waals surface area (Å²) in [6.07, 6.45) is -4.76. The van der Waals surface area contributed by atoms with E-state index in [1.807, 2.05) is 0 Å². The lowest BCUT2D eigenvalue weighted by atomic mass is 10.2. The number of carbonyl (C=O) groups excluding carboxylic acids is 2. The van der Waals surface area contributed by atoms with Crippen molar-refractivity contribution in [2.45, 2.75) is 6.18 Å². The largest absolute Gasteiger partial charge is 0.492 e. The number of rotatable bonds is 6. The maximum absolute atomic E-state index is 13.1. The highest BCUT2D eigenvalue weighted by atomic mass is 19.4. The predicted octanol–water partition coefficient (Wildman–Crippen LogP) is 3.37. The molecule has 0 aliphatic carbocycles. The van der Waals surface area contributed by atoms with E-state index < -0.39 is 29.7 Å². The number of anilines is 1. The fraction of sp³-hybridized carbons (Fsp3) is 0.200. The van der Waals surface area contributed by atoms with Gasteiger partial charge in [-0.2, -0.15) is 18.2 Å². The Morgan fingerprint density at radius 3 is 2.50 bits per heavy atom. The molecule has 1 N–H and O–H groups in total. The second kappa shape index (κ2) is 9.45. The van der Waals surface area contributed by atoms with Gasteiger partial charge in [-0.15, -0.1) is 0 Å². The Labute approximate surface area is 178 Å². The van der Waals surface area contributed by atoms with Gasteiger partial charge in [-0.25, -0.2) is 4.39 Å². The van der Waals surface area contributed by atoms with Gasteiger partial charge in [0, 0.05) is 24.4 Å². The minimum absolute atomic E-state index is 0.0400. The quantitative estimate of drug-likeness (QED) is 0.455. The molecule has 168 valence electrons. The molecule has 1 heterocycles. The van der Waals surface area contributed by atoms with Crippen LogP contribution in [0.25, 0.3) is 11.4 Å². The Morgan fingerprint density at radius 2 is 1.88 bits per heavy atom. The summed E-state index contributed by atoms with van der Waals surface area (Å²) in [7, 11) is 1.40. The van der Waals surface area contributed by atoms with E-state index in [1.165, 1.54) is 49.5 Å². The monoisotopic (exact) mass is 452 g/mol. The van der Waals surface area contributed by atoms with Gasteiger partial charge in [0.25, 0.3) is 0 Å². The normalized spacial score (nSPS) is 11.2. The lowest BCUT2D eigenvalue weighted by Crippen LogP contribution is -2.39. The molecule has 0 aliphatic rings. The molecule has 3 rings (SSSR count). The first-order valence-corrected chi connectivity index (χ1v) is 9.09. The average Bonchev–Trinajstić information content (AvgIpc) is 3.24. The number of nitrogens with one attached hydrogen (secondary N) is 1. The van der Waals surface area contributed by atoms with Gasteiger partial charge in [-0.1, -0.05) is 11.2 Å². The number of ether oxygens (including phenoxy) is 1. The van der Waals surface area contributed by atoms with Crippen LogP contribution in [0.2, 0.25) is 0 Å². The summed E-state index contributed by atoms with van der Waals surface area (Å²) in [6.45, 7) is 0.110. The number of aromatic nitrogens is 2. The maximum Gasteiger partial charge on any atom is 0.471 e. The minimum atomic E-state index is -4.76. The van der Waals surface area contributed by atoms with Crippen LogP contribution in [0.4, 0.5) is 23.2 Å². The van der Waals surface area contributed by atoms with Crippen LogP contribution >= 0.6 is 0 Å². The third-order valence-electron chi connectivity index (χ3n) is 4.10. The molecular formula is C20H16F4N4O4. The van der Waals surface area contributed by atoms with E-state index in [0.717, 1.165) is 4.90 Å². The fourth-order valence-corrected chi connectivity index (χ4v) is 2.48. The molecule has 0 spiro atoms. The smallest absolute Gasteiger partial charge is 0.471 e. The lowest BCUT2D eigenvalue weighted by Gasteiger charge is -2.17. The summed E-state index contributed by atoms with van der Waals surface area (Å²) in [5, 5.41) is 5.64. The zero-order chi connectivity index (χ0) is 23.3. The predicted molar refractivity (Wildman–Crippen MR) is 103 cm³/mol. The number of likely N-dealkylation sites (N-methyl/N-ethyl adjacent to an activating group) is 1. The second-order valence-electron chi connectivity index (χ2n) is 6.48. The molecule has 2 amide bonds. The van der Waals surface area contributed by atoms with Crippen LogP contribution in [-0.2, 0) is 15.8 Å². The summed E-state index contributed by atoms with van der Waals surface area (Å²) in [5.41, 5.74) is 0.455. The molecule has 32 heavy (non-hydrogen) atoms. The summed E-state index contributed by atoms with van der Waals surface area (Å²) in [6, 6.07) is 11.0. The lowest BCUT2D eigenvalue weighted by molar-refractivity contribution is -0.159. The second-order valence-corrected chi connectivity index (χ2v) is 6.48. The zero-order valence-electron chi connectivity index (χ0n) is 16.5. The van der Waals surface area contributed by atoms with E-state index in [1.54, 1.807) is 6.07 Å². The number of hydrogen-bond donors (Lipinski definition) is 1. The van der Waals surface area contributed by atoms with Crippen LogP contribution < -0.4 is 10.1 Å². The summed E-state index contributed by atoms with van der Waals surface area (Å²) in [4.78, 5) is 28.7. The summed E-state index contributed by atoms with van der Waals surface area (Å²) in [5.74, 6) is -3.68. The molecule has 3 aromatic rings. The molecule has 0 unspecified atom stereocenters. The maximum atomic E-state index is 13.1. The van der Waals surface area contributed by atoms with E-state index in [9.17, 15) is 27.2 Å². The van der Waals surface area contributed by atoms with E-state index in [4.69, 9.17) is 4.74 Å². The number of benzene rings is 2. The van der Waals surface area contributed by atoms with Crippen molar-refractivity contribution in [2.75, 3.05) is 25.5 Å². The molecule has 0 bridgehead atoms. The van der Waals surface area contributed by atoms with Gasteiger partial charge >= 0.3 is 23.9 Å². The van der Waals surface area contributed by atoms with Gasteiger partial charge in [-0.3, -0.25) is 9.59 Å². The Bertz CT molecular complexity index is 1100. The number of halogens is 4. The van der Waals surface area contributed by atoms with Crippen molar-refractivity contribution in [1.82, 2.24) is 15.0 Å². The first-order chi connectivity index (χ1) is 15.1. The van der Waals surface area contributed by atoms with Gasteiger partial charge in [-0.05, 0) is 36.4 Å². The van der Waals surface area contributed by atoms with E-state index in [0.29, 0.717) is 5.75 Å². The van der Waals surface area contributed by atoms with Crippen molar-refractivity contribution in [3.63, 3.8) is 0 Å². The molecule has 0 saturated carbocycles. The first kappa shape index (κ1) is 22.7. The van der Waals surface area contributed by atoms with Gasteiger partial charge in [0.05, 0.1) is 6.54 Å². The van der Waals surface area contributed by atoms with Gasteiger partial charge in [0.15, 0.2) is 0 Å². The van der Waals surface area contributed by atoms with E-state index in [-0.39, 0.29) is 30.2 Å². The van der Waals surface area contributed by atoms with Crippen molar-refractivity contribution < 1.29 is 36.4 Å². The van der Waals surface area contributed by atoms with Gasteiger partial charge in [0.1, 0.15) is 18.2 Å². The number of nitrogens with zero attached hydrogens (tertiary/aromatic N) is 3. The average molecular weight is 452 g/mol. The van der Waals surface area contributed by atoms with Crippen LogP contribution in [0, 0.1) is 5.82 Å². The molecule has 0 radical (unpaired) electrons. The number of hydrogen-bond acceptors (Lipinski definition) is 6. The minimum Gasteiger partial charge on any atom is -0.492 e. The molecule has 8 nitrogen and oxygen atoms in total. The molecule has 0 aliphatic heterocycles. The van der Waals surface area contributed by atoms with Crippen LogP contribution in [-0.4, -0.2) is 47.1 Å². The van der Waals surface area contributed by atoms with Crippen LogP contribution in [0.1, 0.15) is 5.89 Å². The van der Waals surface area contributed by atoms with Crippen LogP contribution in [0.3, 0.4) is 0 Å². The third kappa shape index (κ3) is 5.80. The van der Waals surface area contributed by atoms with Crippen LogP contribution in [0.5, 0.6) is 5.75 Å². The van der Waals surface area contributed by atoms with Crippen molar-refractivity contribution >= 4 is 17.5 Å². The summed E-state index contributed by atoms with van der Waals surface area (Å²) < 4.78 is 60.2. The molecule has 12 heteroatoms. The standard InChI is InChI=1S/C20H16F4N4O4/c1-28(9-10-31-15-4-2-3-13(21)11-15)18(30)17(29)25-14-7-5-12(6-8-14)16-26-19(32-27-16)20(22,23)24/h2-8,11H,9-10H2,1H3,(H,25,29). The van der Waals surface area contributed by atoms with E-state index >= 15 is 0 Å². The number of alkyl halides is 3. The molecule has 0 atom stereocenters. The highest BCUT2D eigenvalue weighted by Crippen LogP contribution is 2.29. The molecular weight excluding hydrogens is 436 g/mol. The number of amides is 2. The molecule has 0 saturated heterocycles. The van der Waals surface area contributed by atoms with Gasteiger partial charge < -0.3 is 19.5 Å². The van der Waals surface area contributed by atoms with Crippen molar-refractivity contribution in [2.24, 2.45) is 0 Å². The van der Waals surface area contributed by atoms with Crippen LogP contribution in [0.15, 0.2) is 53.1 Å². The molecule has 1 aromatic heterocycles.